The Balaban J connectivity index is 1.25. The van der Waals surface area contributed by atoms with Crippen molar-refractivity contribution >= 4 is 11.8 Å². The second-order valence-electron chi connectivity index (χ2n) is 8.00. The van der Waals surface area contributed by atoms with Crippen LogP contribution in [0.3, 0.4) is 0 Å². The molecule has 1 saturated heterocycles. The van der Waals surface area contributed by atoms with Gasteiger partial charge in [-0.25, -0.2) is 0 Å². The van der Waals surface area contributed by atoms with Gasteiger partial charge in [0.2, 0.25) is 5.89 Å². The molecule has 1 aliphatic heterocycles. The van der Waals surface area contributed by atoms with Gasteiger partial charge in [-0.15, -0.1) is 11.8 Å². The van der Waals surface area contributed by atoms with Crippen LogP contribution in [0.15, 0.2) is 4.52 Å². The van der Waals surface area contributed by atoms with Gasteiger partial charge in [-0.3, -0.25) is 0 Å². The van der Waals surface area contributed by atoms with E-state index in [2.05, 4.69) is 21.9 Å². The maximum atomic E-state index is 5.50. The molecule has 5 heteroatoms. The van der Waals surface area contributed by atoms with Crippen LogP contribution in [0.4, 0.5) is 0 Å². The molecule has 6 rings (SSSR count). The highest BCUT2D eigenvalue weighted by Gasteiger charge is 2.51. The Morgan fingerprint density at radius 3 is 2.45 bits per heavy atom. The predicted molar refractivity (Wildman–Crippen MR) is 84.7 cm³/mol. The number of thioether (sulfide) groups is 1. The lowest BCUT2D eigenvalue weighted by Crippen LogP contribution is -2.48. The fourth-order valence-electron chi connectivity index (χ4n) is 5.65. The summed E-state index contributed by atoms with van der Waals surface area (Å²) in [6, 6.07) is 0. The van der Waals surface area contributed by atoms with Crippen molar-refractivity contribution in [3.05, 3.63) is 11.7 Å². The average molecular weight is 320 g/mol. The molecule has 5 aliphatic rings. The number of hydrogen-bond acceptors (Lipinski definition) is 5. The molecule has 0 amide bonds. The summed E-state index contributed by atoms with van der Waals surface area (Å²) in [7, 11) is 0. The van der Waals surface area contributed by atoms with Gasteiger partial charge >= 0.3 is 0 Å². The first-order valence-electron chi connectivity index (χ1n) is 8.82. The van der Waals surface area contributed by atoms with Crippen molar-refractivity contribution < 1.29 is 9.26 Å². The van der Waals surface area contributed by atoms with Crippen molar-refractivity contribution in [2.45, 2.75) is 61.4 Å². The summed E-state index contributed by atoms with van der Waals surface area (Å²) in [4.78, 5) is 4.63. The van der Waals surface area contributed by atoms with Crippen LogP contribution in [0.5, 0.6) is 0 Å². The summed E-state index contributed by atoms with van der Waals surface area (Å²) in [5.74, 6) is 5.95. The summed E-state index contributed by atoms with van der Waals surface area (Å²) < 4.78 is 11.4. The standard InChI is InChI=1S/C17H24N2O2S/c1-2-20-9-14(1)16-18-15(21-19-16)10-22-17-6-11-3-12(7-17)5-13(4-11)8-17/h11-14H,1-10H2. The van der Waals surface area contributed by atoms with Crippen molar-refractivity contribution in [2.75, 3.05) is 13.2 Å². The molecule has 0 spiro atoms. The lowest BCUT2D eigenvalue weighted by Gasteiger charge is -2.56. The van der Waals surface area contributed by atoms with Crippen LogP contribution in [0.25, 0.3) is 0 Å². The van der Waals surface area contributed by atoms with Crippen molar-refractivity contribution in [3.8, 4) is 0 Å². The fourth-order valence-corrected chi connectivity index (χ4v) is 7.26. The zero-order valence-electron chi connectivity index (χ0n) is 13.0. The Kier molecular flexibility index (Phi) is 3.29. The van der Waals surface area contributed by atoms with Gasteiger partial charge in [-0.05, 0) is 62.7 Å². The quantitative estimate of drug-likeness (QED) is 0.845. The molecule has 120 valence electrons. The second kappa shape index (κ2) is 5.23. The van der Waals surface area contributed by atoms with Gasteiger partial charge in [0.15, 0.2) is 5.82 Å². The topological polar surface area (TPSA) is 48.2 Å². The van der Waals surface area contributed by atoms with E-state index in [1.54, 1.807) is 0 Å². The molecule has 1 aromatic heterocycles. The zero-order chi connectivity index (χ0) is 14.6. The lowest BCUT2D eigenvalue weighted by molar-refractivity contribution is 0.0382. The van der Waals surface area contributed by atoms with E-state index < -0.39 is 0 Å². The third-order valence-electron chi connectivity index (χ3n) is 6.26. The van der Waals surface area contributed by atoms with Crippen molar-refractivity contribution in [3.63, 3.8) is 0 Å². The van der Waals surface area contributed by atoms with E-state index in [4.69, 9.17) is 9.26 Å². The van der Waals surface area contributed by atoms with E-state index in [1.807, 2.05) is 0 Å². The minimum absolute atomic E-state index is 0.349. The van der Waals surface area contributed by atoms with Crippen LogP contribution >= 0.6 is 11.8 Å². The van der Waals surface area contributed by atoms with E-state index in [1.165, 1.54) is 38.5 Å². The molecule has 0 aromatic carbocycles. The molecule has 4 aliphatic carbocycles. The number of aromatic nitrogens is 2. The first-order valence-corrected chi connectivity index (χ1v) is 9.81. The zero-order valence-corrected chi connectivity index (χ0v) is 13.8. The molecule has 2 heterocycles. The van der Waals surface area contributed by atoms with Crippen LogP contribution in [0, 0.1) is 17.8 Å². The maximum absolute atomic E-state index is 5.50. The van der Waals surface area contributed by atoms with Crippen LogP contribution in [0.2, 0.25) is 0 Å². The monoisotopic (exact) mass is 320 g/mol. The van der Waals surface area contributed by atoms with Gasteiger partial charge in [0.1, 0.15) is 0 Å². The highest BCUT2D eigenvalue weighted by atomic mass is 32.2. The van der Waals surface area contributed by atoms with Gasteiger partial charge < -0.3 is 9.26 Å². The van der Waals surface area contributed by atoms with Crippen molar-refractivity contribution in [1.29, 1.82) is 0 Å². The Bertz CT molecular complexity index is 517. The molecular weight excluding hydrogens is 296 g/mol. The van der Waals surface area contributed by atoms with Gasteiger partial charge in [0.25, 0.3) is 0 Å². The van der Waals surface area contributed by atoms with E-state index >= 15 is 0 Å². The number of ether oxygens (including phenoxy) is 1. The third-order valence-corrected chi connectivity index (χ3v) is 7.77. The van der Waals surface area contributed by atoms with Crippen molar-refractivity contribution in [2.24, 2.45) is 17.8 Å². The van der Waals surface area contributed by atoms with E-state index in [9.17, 15) is 0 Å². The summed E-state index contributed by atoms with van der Waals surface area (Å²) in [5.41, 5.74) is 0. The molecule has 4 nitrogen and oxygen atoms in total. The molecule has 22 heavy (non-hydrogen) atoms. The Morgan fingerprint density at radius 2 is 1.82 bits per heavy atom. The third kappa shape index (κ3) is 2.41. The van der Waals surface area contributed by atoms with Crippen molar-refractivity contribution in [1.82, 2.24) is 10.1 Å². The number of hydrogen-bond donors (Lipinski definition) is 0. The minimum Gasteiger partial charge on any atom is -0.381 e. The smallest absolute Gasteiger partial charge is 0.236 e. The van der Waals surface area contributed by atoms with Crippen LogP contribution in [-0.4, -0.2) is 28.1 Å². The number of rotatable bonds is 4. The molecule has 4 saturated carbocycles. The predicted octanol–water partition coefficient (Wildman–Crippen LogP) is 3.78. The Morgan fingerprint density at radius 1 is 1.09 bits per heavy atom. The fraction of sp³-hybridized carbons (Fsp3) is 0.882. The first kappa shape index (κ1) is 13.8. The molecule has 1 atom stereocenters. The van der Waals surface area contributed by atoms with Gasteiger partial charge in [0, 0.05) is 17.3 Å². The summed E-state index contributed by atoms with van der Waals surface area (Å²) in [5, 5.41) is 4.18. The Hall–Kier alpha value is -0.550. The average Bonchev–Trinajstić information content (AvgIpc) is 3.15. The van der Waals surface area contributed by atoms with Crippen LogP contribution in [0.1, 0.15) is 62.6 Å². The van der Waals surface area contributed by atoms with E-state index in [0.717, 1.165) is 54.9 Å². The van der Waals surface area contributed by atoms with Gasteiger partial charge in [-0.2, -0.15) is 4.98 Å². The van der Waals surface area contributed by atoms with Gasteiger partial charge in [-0.1, -0.05) is 5.16 Å². The maximum Gasteiger partial charge on any atom is 0.236 e. The normalized spacial score (nSPS) is 43.1. The van der Waals surface area contributed by atoms with Crippen LogP contribution < -0.4 is 0 Å². The summed E-state index contributed by atoms with van der Waals surface area (Å²) >= 11 is 2.12. The van der Waals surface area contributed by atoms with Crippen LogP contribution in [-0.2, 0) is 10.5 Å². The molecule has 5 fully saturated rings. The molecule has 1 unspecified atom stereocenters. The summed E-state index contributed by atoms with van der Waals surface area (Å²) in [6.07, 6.45) is 9.84. The van der Waals surface area contributed by atoms with Gasteiger partial charge in [0.05, 0.1) is 12.4 Å². The molecule has 4 bridgehead atoms. The highest BCUT2D eigenvalue weighted by Crippen LogP contribution is 2.60. The molecule has 0 N–H and O–H groups in total. The minimum atomic E-state index is 0.349. The largest absolute Gasteiger partial charge is 0.381 e. The lowest BCUT2D eigenvalue weighted by atomic mass is 9.56. The molecule has 1 aromatic rings. The Labute approximate surface area is 135 Å². The first-order chi connectivity index (χ1) is 10.8. The molecule has 0 radical (unpaired) electrons. The number of nitrogens with zero attached hydrogens (tertiary/aromatic N) is 2. The van der Waals surface area contributed by atoms with E-state index in [0.29, 0.717) is 10.7 Å². The second-order valence-corrected chi connectivity index (χ2v) is 9.44. The SMILES string of the molecule is C1CC(c2noc(CSC34CC5CC(CC(C5)C3)C4)n2)CO1. The highest BCUT2D eigenvalue weighted by molar-refractivity contribution is 7.99. The summed E-state index contributed by atoms with van der Waals surface area (Å²) in [6.45, 7) is 1.58. The van der Waals surface area contributed by atoms with E-state index in [-0.39, 0.29) is 0 Å². The molecular formula is C17H24N2O2S.